The summed E-state index contributed by atoms with van der Waals surface area (Å²) < 4.78 is 5.37. The number of fused-ring (bicyclic) bond motifs is 1. The van der Waals surface area contributed by atoms with E-state index in [4.69, 9.17) is 10.5 Å². The smallest absolute Gasteiger partial charge is 0.269 e. The minimum atomic E-state index is -1.04. The van der Waals surface area contributed by atoms with Crippen molar-refractivity contribution in [3.63, 3.8) is 0 Å². The molecule has 1 aliphatic carbocycles. The molecule has 1 atom stereocenters. The molecule has 1 heterocycles. The number of carbonyl (C=O) groups excluding carboxylic acids is 2. The number of nitriles is 1. The lowest BCUT2D eigenvalue weighted by atomic mass is 9.75. The third kappa shape index (κ3) is 2.38. The molecule has 2 aromatic carbocycles. The highest BCUT2D eigenvalue weighted by Gasteiger charge is 2.43. The number of hydrogen-bond donors (Lipinski definition) is 1. The van der Waals surface area contributed by atoms with E-state index in [0.29, 0.717) is 5.56 Å². The van der Waals surface area contributed by atoms with Crippen LogP contribution >= 0.6 is 0 Å². The van der Waals surface area contributed by atoms with Gasteiger partial charge in [0.2, 0.25) is 11.7 Å². The molecule has 0 saturated heterocycles. The van der Waals surface area contributed by atoms with Gasteiger partial charge in [0.1, 0.15) is 11.6 Å². The van der Waals surface area contributed by atoms with Gasteiger partial charge < -0.3 is 10.5 Å². The number of ketones is 2. The molecule has 2 aliphatic rings. The van der Waals surface area contributed by atoms with Gasteiger partial charge in [0.15, 0.2) is 11.5 Å². The van der Waals surface area contributed by atoms with Crippen LogP contribution in [0.2, 0.25) is 0 Å². The third-order valence-corrected chi connectivity index (χ3v) is 4.70. The average Bonchev–Trinajstić information content (AvgIpc) is 2.71. The van der Waals surface area contributed by atoms with Crippen LogP contribution in [0.15, 0.2) is 71.3 Å². The number of allylic oxidation sites excluding steroid dienone is 3. The lowest BCUT2D eigenvalue weighted by molar-refractivity contribution is -0.384. The molecule has 0 spiro atoms. The Morgan fingerprint density at radius 3 is 2.39 bits per heavy atom. The van der Waals surface area contributed by atoms with Crippen LogP contribution in [0, 0.1) is 21.4 Å². The van der Waals surface area contributed by atoms with Gasteiger partial charge in [-0.25, -0.2) is 0 Å². The van der Waals surface area contributed by atoms with E-state index in [2.05, 4.69) is 0 Å². The van der Waals surface area contributed by atoms with E-state index < -0.39 is 22.4 Å². The number of nitro groups is 1. The summed E-state index contributed by atoms with van der Waals surface area (Å²) in [7, 11) is 0. The summed E-state index contributed by atoms with van der Waals surface area (Å²) in [6, 6.07) is 13.7. The molecule has 8 nitrogen and oxygen atoms in total. The van der Waals surface area contributed by atoms with Crippen molar-refractivity contribution in [3.05, 3.63) is 98.1 Å². The number of Topliss-reactive ketones (excluding diaryl/α,β-unsaturated/α-hetero) is 2. The van der Waals surface area contributed by atoms with Crippen molar-refractivity contribution in [1.29, 1.82) is 5.26 Å². The monoisotopic (exact) mass is 373 g/mol. The first kappa shape index (κ1) is 17.2. The van der Waals surface area contributed by atoms with Crippen molar-refractivity contribution >= 4 is 17.3 Å². The van der Waals surface area contributed by atoms with E-state index in [0.717, 1.165) is 0 Å². The fourth-order valence-corrected chi connectivity index (χ4v) is 3.46. The quantitative estimate of drug-likeness (QED) is 0.631. The Morgan fingerprint density at radius 2 is 1.75 bits per heavy atom. The third-order valence-electron chi connectivity index (χ3n) is 4.70. The maximum Gasteiger partial charge on any atom is 0.269 e. The Balaban J connectivity index is 1.98. The van der Waals surface area contributed by atoms with Gasteiger partial charge in [-0.2, -0.15) is 5.26 Å². The minimum absolute atomic E-state index is 0.0463. The Kier molecular flexibility index (Phi) is 3.79. The molecule has 0 saturated carbocycles. The number of nitrogens with two attached hydrogens (primary N) is 1. The van der Waals surface area contributed by atoms with Crippen LogP contribution in [0.1, 0.15) is 32.2 Å². The van der Waals surface area contributed by atoms with E-state index in [1.807, 2.05) is 6.07 Å². The standard InChI is InChI=1S/C20H11N3O5/c21-9-14-15(10-4-3-5-11(8-10)23(26)27)16-17(24)12-6-1-2-7-13(12)18(25)19(16)28-20(14)22/h1-8,15H,22H2/t15-/m1/s1. The molecule has 2 N–H and O–H groups in total. The second-order valence-corrected chi connectivity index (χ2v) is 6.22. The van der Waals surface area contributed by atoms with E-state index in [9.17, 15) is 25.0 Å². The molecule has 28 heavy (non-hydrogen) atoms. The van der Waals surface area contributed by atoms with Gasteiger partial charge in [-0.15, -0.1) is 0 Å². The highest BCUT2D eigenvalue weighted by molar-refractivity contribution is 6.27. The lowest BCUT2D eigenvalue weighted by Crippen LogP contribution is -2.32. The summed E-state index contributed by atoms with van der Waals surface area (Å²) >= 11 is 0. The predicted octanol–water partition coefficient (Wildman–Crippen LogP) is 2.74. The van der Waals surface area contributed by atoms with Gasteiger partial charge in [0, 0.05) is 23.3 Å². The first-order valence-electron chi connectivity index (χ1n) is 8.18. The second kappa shape index (κ2) is 6.17. The summed E-state index contributed by atoms with van der Waals surface area (Å²) in [4.78, 5) is 36.6. The topological polar surface area (TPSA) is 136 Å². The summed E-state index contributed by atoms with van der Waals surface area (Å²) in [5.74, 6) is -2.61. The fourth-order valence-electron chi connectivity index (χ4n) is 3.46. The SMILES string of the molecule is N#CC1=C(N)OC2=C(C(=O)c3ccccc3C2=O)[C@@H]1c1cccc([N+](=O)[O-])c1. The van der Waals surface area contributed by atoms with Crippen LogP contribution < -0.4 is 5.73 Å². The largest absolute Gasteiger partial charge is 0.436 e. The normalized spacial score (nSPS) is 18.2. The molecule has 1 aliphatic heterocycles. The van der Waals surface area contributed by atoms with Crippen molar-refractivity contribution in [1.82, 2.24) is 0 Å². The Morgan fingerprint density at radius 1 is 1.07 bits per heavy atom. The highest BCUT2D eigenvalue weighted by atomic mass is 16.6. The zero-order chi connectivity index (χ0) is 20.0. The van der Waals surface area contributed by atoms with Crippen molar-refractivity contribution in [2.75, 3.05) is 0 Å². The van der Waals surface area contributed by atoms with Gasteiger partial charge in [-0.3, -0.25) is 19.7 Å². The molecular weight excluding hydrogens is 362 g/mol. The molecular formula is C20H11N3O5. The number of benzene rings is 2. The first-order valence-corrected chi connectivity index (χ1v) is 8.18. The summed E-state index contributed by atoms with van der Waals surface area (Å²) in [5.41, 5.74) is 6.17. The van der Waals surface area contributed by atoms with Crippen LogP contribution in [-0.2, 0) is 4.74 Å². The number of nitrogens with zero attached hydrogens (tertiary/aromatic N) is 2. The molecule has 0 aromatic heterocycles. The van der Waals surface area contributed by atoms with Crippen LogP contribution in [0.4, 0.5) is 5.69 Å². The Hall–Kier alpha value is -4.25. The number of nitro benzene ring substituents is 1. The van der Waals surface area contributed by atoms with Crippen molar-refractivity contribution in [2.45, 2.75) is 5.92 Å². The number of ether oxygens (including phenoxy) is 1. The zero-order valence-electron chi connectivity index (χ0n) is 14.2. The highest BCUT2D eigenvalue weighted by Crippen LogP contribution is 2.44. The number of carbonyl (C=O) groups is 2. The average molecular weight is 373 g/mol. The summed E-state index contributed by atoms with van der Waals surface area (Å²) in [6.07, 6.45) is 0. The van der Waals surface area contributed by atoms with Crippen LogP contribution in [-0.4, -0.2) is 16.5 Å². The van der Waals surface area contributed by atoms with Gasteiger partial charge in [-0.05, 0) is 5.56 Å². The molecule has 0 fully saturated rings. The lowest BCUT2D eigenvalue weighted by Gasteiger charge is -2.30. The molecule has 2 aromatic rings. The van der Waals surface area contributed by atoms with Gasteiger partial charge >= 0.3 is 0 Å². The van der Waals surface area contributed by atoms with E-state index in [-0.39, 0.29) is 39.6 Å². The van der Waals surface area contributed by atoms with Crippen LogP contribution in [0.5, 0.6) is 0 Å². The molecule has 0 unspecified atom stereocenters. The summed E-state index contributed by atoms with van der Waals surface area (Å²) in [5, 5.41) is 20.7. The Labute approximate surface area is 158 Å². The van der Waals surface area contributed by atoms with E-state index in [1.54, 1.807) is 12.1 Å². The van der Waals surface area contributed by atoms with Crippen molar-refractivity contribution in [3.8, 4) is 6.07 Å². The molecule has 8 heteroatoms. The molecule has 0 radical (unpaired) electrons. The number of hydrogen-bond acceptors (Lipinski definition) is 7. The number of rotatable bonds is 2. The molecule has 136 valence electrons. The van der Waals surface area contributed by atoms with Gasteiger partial charge in [-0.1, -0.05) is 36.4 Å². The van der Waals surface area contributed by atoms with Gasteiger partial charge in [0.05, 0.1) is 16.4 Å². The first-order chi connectivity index (χ1) is 13.4. The van der Waals surface area contributed by atoms with Crippen molar-refractivity contribution in [2.24, 2.45) is 5.73 Å². The van der Waals surface area contributed by atoms with Crippen molar-refractivity contribution < 1.29 is 19.2 Å². The Bertz CT molecular complexity index is 1190. The molecule has 0 amide bonds. The zero-order valence-corrected chi connectivity index (χ0v) is 14.2. The molecule has 4 rings (SSSR count). The second-order valence-electron chi connectivity index (χ2n) is 6.22. The number of non-ortho nitro benzene ring substituents is 1. The maximum atomic E-state index is 13.2. The van der Waals surface area contributed by atoms with Gasteiger partial charge in [0.25, 0.3) is 5.69 Å². The fraction of sp³-hybridized carbons (Fsp3) is 0.0500. The minimum Gasteiger partial charge on any atom is -0.436 e. The van der Waals surface area contributed by atoms with Crippen LogP contribution in [0.25, 0.3) is 0 Å². The molecule has 0 bridgehead atoms. The van der Waals surface area contributed by atoms with Crippen LogP contribution in [0.3, 0.4) is 0 Å². The van der Waals surface area contributed by atoms with E-state index >= 15 is 0 Å². The maximum absolute atomic E-state index is 13.2. The van der Waals surface area contributed by atoms with E-state index in [1.165, 1.54) is 36.4 Å². The predicted molar refractivity (Wildman–Crippen MR) is 95.9 cm³/mol. The summed E-state index contributed by atoms with van der Waals surface area (Å²) in [6.45, 7) is 0.